The summed E-state index contributed by atoms with van der Waals surface area (Å²) in [4.78, 5) is 21.7. The van der Waals surface area contributed by atoms with Crippen molar-refractivity contribution in [1.29, 1.82) is 0 Å². The standard InChI is InChI=1S/C12H16N2O5.ClH/c1-3-19-12(15)9(13)6-8-4-5-11(18-2)10(7-8)14(16)17;/h4-5,7,9H,3,6,13H2,1-2H3;1H/t9-;/m0./s1. The van der Waals surface area contributed by atoms with Crippen LogP contribution in [0.5, 0.6) is 5.75 Å². The maximum Gasteiger partial charge on any atom is 0.323 e. The minimum Gasteiger partial charge on any atom is -0.490 e. The number of nitrogens with zero attached hydrogens (tertiary/aromatic N) is 1. The van der Waals surface area contributed by atoms with Crippen molar-refractivity contribution in [2.24, 2.45) is 5.73 Å². The quantitative estimate of drug-likeness (QED) is 0.484. The zero-order chi connectivity index (χ0) is 14.4. The van der Waals surface area contributed by atoms with Gasteiger partial charge in [0.15, 0.2) is 5.75 Å². The van der Waals surface area contributed by atoms with Crippen LogP contribution in [-0.4, -0.2) is 30.7 Å². The molecule has 0 saturated heterocycles. The number of nitro benzene ring substituents is 1. The molecule has 0 aromatic heterocycles. The Bertz CT molecular complexity index is 481. The van der Waals surface area contributed by atoms with Crippen LogP contribution >= 0.6 is 12.4 Å². The Balaban J connectivity index is 0.00000361. The van der Waals surface area contributed by atoms with E-state index in [1.165, 1.54) is 19.2 Å². The Kier molecular flexibility index (Phi) is 7.56. The van der Waals surface area contributed by atoms with Crippen molar-refractivity contribution in [3.05, 3.63) is 33.9 Å². The normalized spacial score (nSPS) is 11.2. The Morgan fingerprint density at radius 2 is 2.15 bits per heavy atom. The third-order valence-electron chi connectivity index (χ3n) is 2.48. The summed E-state index contributed by atoms with van der Waals surface area (Å²) in [5, 5.41) is 10.9. The molecule has 0 fully saturated rings. The number of nitrogens with two attached hydrogens (primary N) is 1. The molecular formula is C12H17ClN2O5. The van der Waals surface area contributed by atoms with Crippen molar-refractivity contribution in [3.63, 3.8) is 0 Å². The Morgan fingerprint density at radius 1 is 1.50 bits per heavy atom. The monoisotopic (exact) mass is 304 g/mol. The van der Waals surface area contributed by atoms with Gasteiger partial charge in [-0.1, -0.05) is 6.07 Å². The highest BCUT2D eigenvalue weighted by Crippen LogP contribution is 2.27. The lowest BCUT2D eigenvalue weighted by molar-refractivity contribution is -0.385. The number of hydrogen-bond acceptors (Lipinski definition) is 6. The second-order valence-corrected chi connectivity index (χ2v) is 3.83. The summed E-state index contributed by atoms with van der Waals surface area (Å²) in [6.07, 6.45) is 0.170. The summed E-state index contributed by atoms with van der Waals surface area (Å²) in [7, 11) is 1.35. The molecule has 0 aliphatic heterocycles. The second-order valence-electron chi connectivity index (χ2n) is 3.83. The zero-order valence-corrected chi connectivity index (χ0v) is 12.0. The van der Waals surface area contributed by atoms with Crippen LogP contribution in [0.4, 0.5) is 5.69 Å². The predicted molar refractivity (Wildman–Crippen MR) is 75.2 cm³/mol. The maximum atomic E-state index is 11.4. The van der Waals surface area contributed by atoms with E-state index >= 15 is 0 Å². The van der Waals surface area contributed by atoms with Crippen molar-refractivity contribution in [2.45, 2.75) is 19.4 Å². The van der Waals surface area contributed by atoms with E-state index in [0.717, 1.165) is 0 Å². The number of carbonyl (C=O) groups is 1. The maximum absolute atomic E-state index is 11.4. The van der Waals surface area contributed by atoms with Crippen LogP contribution in [0.1, 0.15) is 12.5 Å². The number of ether oxygens (including phenoxy) is 2. The number of rotatable bonds is 6. The first-order chi connectivity index (χ1) is 8.99. The van der Waals surface area contributed by atoms with E-state index < -0.39 is 16.9 Å². The molecule has 1 rings (SSSR count). The minimum absolute atomic E-state index is 0. The van der Waals surface area contributed by atoms with Crippen molar-refractivity contribution in [1.82, 2.24) is 0 Å². The highest BCUT2D eigenvalue weighted by molar-refractivity contribution is 5.85. The first-order valence-electron chi connectivity index (χ1n) is 5.73. The van der Waals surface area contributed by atoms with Gasteiger partial charge in [0.05, 0.1) is 18.6 Å². The molecule has 0 radical (unpaired) electrons. The largest absolute Gasteiger partial charge is 0.490 e. The lowest BCUT2D eigenvalue weighted by atomic mass is 10.1. The van der Waals surface area contributed by atoms with Crippen LogP contribution in [0.3, 0.4) is 0 Å². The van der Waals surface area contributed by atoms with Crippen LogP contribution in [0, 0.1) is 10.1 Å². The summed E-state index contributed by atoms with van der Waals surface area (Å²) in [6.45, 7) is 1.93. The highest BCUT2D eigenvalue weighted by Gasteiger charge is 2.19. The van der Waals surface area contributed by atoms with Crippen molar-refractivity contribution >= 4 is 24.1 Å². The molecular weight excluding hydrogens is 288 g/mol. The molecule has 2 N–H and O–H groups in total. The second kappa shape index (κ2) is 8.34. The van der Waals surface area contributed by atoms with Crippen molar-refractivity contribution < 1.29 is 19.2 Å². The molecule has 20 heavy (non-hydrogen) atoms. The van der Waals surface area contributed by atoms with E-state index in [1.54, 1.807) is 13.0 Å². The number of carbonyl (C=O) groups excluding carboxylic acids is 1. The SMILES string of the molecule is CCOC(=O)[C@@H](N)Cc1ccc(OC)c([N+](=O)[O-])c1.Cl. The first kappa shape index (κ1) is 18.1. The van der Waals surface area contributed by atoms with E-state index in [9.17, 15) is 14.9 Å². The van der Waals surface area contributed by atoms with Gasteiger partial charge < -0.3 is 15.2 Å². The number of benzene rings is 1. The summed E-state index contributed by atoms with van der Waals surface area (Å²) in [6, 6.07) is 3.61. The molecule has 112 valence electrons. The fourth-order valence-electron chi connectivity index (χ4n) is 1.59. The van der Waals surface area contributed by atoms with Gasteiger partial charge in [-0.3, -0.25) is 14.9 Å². The molecule has 0 heterocycles. The van der Waals surface area contributed by atoms with Gasteiger partial charge in [0.25, 0.3) is 0 Å². The van der Waals surface area contributed by atoms with Gasteiger partial charge in [0.2, 0.25) is 0 Å². The van der Waals surface area contributed by atoms with Crippen LogP contribution < -0.4 is 10.5 Å². The lowest BCUT2D eigenvalue weighted by Crippen LogP contribution is -2.34. The Morgan fingerprint density at radius 3 is 2.65 bits per heavy atom. The van der Waals surface area contributed by atoms with Crippen LogP contribution in [0.15, 0.2) is 18.2 Å². The molecule has 0 saturated carbocycles. The van der Waals surface area contributed by atoms with E-state index in [-0.39, 0.29) is 36.9 Å². The fourth-order valence-corrected chi connectivity index (χ4v) is 1.59. The number of nitro groups is 1. The molecule has 0 aliphatic carbocycles. The van der Waals surface area contributed by atoms with Gasteiger partial charge in [0, 0.05) is 6.07 Å². The molecule has 7 nitrogen and oxygen atoms in total. The third kappa shape index (κ3) is 4.67. The summed E-state index contributed by atoms with van der Waals surface area (Å²) < 4.78 is 9.66. The van der Waals surface area contributed by atoms with Crippen molar-refractivity contribution in [3.8, 4) is 5.75 Å². The van der Waals surface area contributed by atoms with E-state index in [2.05, 4.69) is 0 Å². The number of halogens is 1. The molecule has 0 spiro atoms. The molecule has 1 atom stereocenters. The van der Waals surface area contributed by atoms with Gasteiger partial charge >= 0.3 is 11.7 Å². The van der Waals surface area contributed by atoms with E-state index in [0.29, 0.717) is 5.56 Å². The fraction of sp³-hybridized carbons (Fsp3) is 0.417. The van der Waals surface area contributed by atoms with Gasteiger partial charge in [-0.25, -0.2) is 0 Å². The molecule has 1 aromatic carbocycles. The highest BCUT2D eigenvalue weighted by atomic mass is 35.5. The molecule has 0 bridgehead atoms. The van der Waals surface area contributed by atoms with Gasteiger partial charge in [-0.05, 0) is 25.0 Å². The topological polar surface area (TPSA) is 105 Å². The molecule has 0 unspecified atom stereocenters. The lowest BCUT2D eigenvalue weighted by Gasteiger charge is -2.11. The molecule has 0 amide bonds. The number of methoxy groups -OCH3 is 1. The average molecular weight is 305 g/mol. The van der Waals surface area contributed by atoms with Gasteiger partial charge in [0.1, 0.15) is 6.04 Å². The summed E-state index contributed by atoms with van der Waals surface area (Å²) in [5.74, 6) is -0.362. The molecule has 8 heteroatoms. The van der Waals surface area contributed by atoms with E-state index in [4.69, 9.17) is 15.2 Å². The predicted octanol–water partition coefficient (Wildman–Crippen LogP) is 1.46. The Labute approximate surface area is 122 Å². The number of esters is 1. The molecule has 1 aromatic rings. The number of hydrogen-bond donors (Lipinski definition) is 1. The van der Waals surface area contributed by atoms with Crippen molar-refractivity contribution in [2.75, 3.05) is 13.7 Å². The first-order valence-corrected chi connectivity index (χ1v) is 5.73. The molecule has 0 aliphatic rings. The third-order valence-corrected chi connectivity index (χ3v) is 2.48. The summed E-state index contributed by atoms with van der Waals surface area (Å²) in [5.41, 5.74) is 6.08. The minimum atomic E-state index is -0.840. The summed E-state index contributed by atoms with van der Waals surface area (Å²) >= 11 is 0. The van der Waals surface area contributed by atoms with E-state index in [1.807, 2.05) is 0 Å². The van der Waals surface area contributed by atoms with Crippen LogP contribution in [0.2, 0.25) is 0 Å². The Hall–Kier alpha value is -1.86. The average Bonchev–Trinajstić information content (AvgIpc) is 2.38. The van der Waals surface area contributed by atoms with Crippen LogP contribution in [0.25, 0.3) is 0 Å². The van der Waals surface area contributed by atoms with Gasteiger partial charge in [-0.2, -0.15) is 0 Å². The smallest absolute Gasteiger partial charge is 0.323 e. The van der Waals surface area contributed by atoms with Gasteiger partial charge in [-0.15, -0.1) is 12.4 Å². The van der Waals surface area contributed by atoms with Crippen LogP contribution in [-0.2, 0) is 16.0 Å². The zero-order valence-electron chi connectivity index (χ0n) is 11.2.